The standard InChI is InChI=1S/C19H16F2N2O3S/c1-2-26-17(25)10-23-16(9-15(24)13-6-4-8-22-19(13)23)27-11-12-5-3-7-14(20)18(12)21/h3-9H,2,10-11H2,1H3. The Morgan fingerprint density at radius 1 is 1.26 bits per heavy atom. The van der Waals surface area contributed by atoms with Crippen LogP contribution in [0, 0.1) is 11.6 Å². The van der Waals surface area contributed by atoms with E-state index in [1.165, 1.54) is 24.4 Å². The van der Waals surface area contributed by atoms with E-state index < -0.39 is 17.6 Å². The lowest BCUT2D eigenvalue weighted by Gasteiger charge is -2.15. The van der Waals surface area contributed by atoms with Gasteiger partial charge >= 0.3 is 5.97 Å². The SMILES string of the molecule is CCOC(=O)Cn1c(SCc2cccc(F)c2F)cc(=O)c2cccnc21. The van der Waals surface area contributed by atoms with Crippen molar-refractivity contribution in [3.05, 3.63) is 70.0 Å². The van der Waals surface area contributed by atoms with E-state index in [1.54, 1.807) is 23.6 Å². The summed E-state index contributed by atoms with van der Waals surface area (Å²) in [5.41, 5.74) is 0.233. The maximum Gasteiger partial charge on any atom is 0.326 e. The van der Waals surface area contributed by atoms with Gasteiger partial charge in [0.25, 0.3) is 0 Å². The van der Waals surface area contributed by atoms with Gasteiger partial charge in [0.15, 0.2) is 17.1 Å². The number of carbonyl (C=O) groups is 1. The van der Waals surface area contributed by atoms with Gasteiger partial charge in [-0.1, -0.05) is 12.1 Å². The minimum absolute atomic E-state index is 0.0875. The van der Waals surface area contributed by atoms with Gasteiger partial charge in [0.1, 0.15) is 12.2 Å². The molecular formula is C19H16F2N2O3S. The molecule has 8 heteroatoms. The van der Waals surface area contributed by atoms with Crippen molar-refractivity contribution in [1.29, 1.82) is 0 Å². The maximum absolute atomic E-state index is 13.9. The zero-order chi connectivity index (χ0) is 19.4. The van der Waals surface area contributed by atoms with Crippen molar-refractivity contribution in [3.63, 3.8) is 0 Å². The molecule has 2 heterocycles. The molecule has 0 bridgehead atoms. The fourth-order valence-electron chi connectivity index (χ4n) is 2.60. The monoisotopic (exact) mass is 390 g/mol. The quantitative estimate of drug-likeness (QED) is 0.476. The number of hydrogen-bond acceptors (Lipinski definition) is 5. The van der Waals surface area contributed by atoms with Crippen LogP contribution in [0.5, 0.6) is 0 Å². The Kier molecular flexibility index (Phi) is 5.85. The molecule has 3 aromatic rings. The summed E-state index contributed by atoms with van der Waals surface area (Å²) in [6.45, 7) is 1.78. The summed E-state index contributed by atoms with van der Waals surface area (Å²) in [5.74, 6) is -2.25. The summed E-state index contributed by atoms with van der Waals surface area (Å²) in [6.07, 6.45) is 1.52. The highest BCUT2D eigenvalue weighted by Crippen LogP contribution is 2.26. The fourth-order valence-corrected chi connectivity index (χ4v) is 3.62. The van der Waals surface area contributed by atoms with E-state index in [4.69, 9.17) is 4.74 Å². The highest BCUT2D eigenvalue weighted by molar-refractivity contribution is 7.98. The smallest absolute Gasteiger partial charge is 0.326 e. The summed E-state index contributed by atoms with van der Waals surface area (Å²) in [5, 5.41) is 0.783. The van der Waals surface area contributed by atoms with E-state index in [1.807, 2.05) is 0 Å². The van der Waals surface area contributed by atoms with E-state index in [2.05, 4.69) is 4.98 Å². The molecule has 0 unspecified atom stereocenters. The molecule has 0 atom stereocenters. The average Bonchev–Trinajstić information content (AvgIpc) is 2.66. The number of halogens is 2. The molecule has 0 saturated carbocycles. The van der Waals surface area contributed by atoms with Crippen molar-refractivity contribution in [2.45, 2.75) is 24.2 Å². The first-order valence-electron chi connectivity index (χ1n) is 8.21. The zero-order valence-electron chi connectivity index (χ0n) is 14.4. The van der Waals surface area contributed by atoms with Crippen molar-refractivity contribution >= 4 is 28.8 Å². The van der Waals surface area contributed by atoms with Crippen LogP contribution < -0.4 is 5.43 Å². The lowest BCUT2D eigenvalue weighted by molar-refractivity contribution is -0.143. The van der Waals surface area contributed by atoms with Gasteiger partial charge in [0.05, 0.1) is 17.0 Å². The number of fused-ring (bicyclic) bond motifs is 1. The number of rotatable bonds is 6. The molecule has 0 aliphatic carbocycles. The number of ether oxygens (including phenoxy) is 1. The number of nitrogens with zero attached hydrogens (tertiary/aromatic N) is 2. The lowest BCUT2D eigenvalue weighted by Crippen LogP contribution is -2.19. The van der Waals surface area contributed by atoms with Crippen LogP contribution in [0.4, 0.5) is 8.78 Å². The van der Waals surface area contributed by atoms with Gasteiger partial charge in [-0.05, 0) is 25.1 Å². The summed E-state index contributed by atoms with van der Waals surface area (Å²) >= 11 is 1.12. The van der Waals surface area contributed by atoms with Crippen LogP contribution in [0.25, 0.3) is 11.0 Å². The Labute approximate surface area is 158 Å². The molecule has 0 saturated heterocycles. The fraction of sp³-hybridized carbons (Fsp3) is 0.211. The van der Waals surface area contributed by atoms with Gasteiger partial charge < -0.3 is 9.30 Å². The van der Waals surface area contributed by atoms with Crippen LogP contribution in [-0.2, 0) is 21.8 Å². The number of thioether (sulfide) groups is 1. The third kappa shape index (κ3) is 4.16. The second-order valence-corrected chi connectivity index (χ2v) is 6.61. The number of pyridine rings is 2. The number of carbonyl (C=O) groups excluding carboxylic acids is 1. The van der Waals surface area contributed by atoms with Crippen LogP contribution >= 0.6 is 11.8 Å². The van der Waals surface area contributed by atoms with Crippen molar-refractivity contribution in [3.8, 4) is 0 Å². The zero-order valence-corrected chi connectivity index (χ0v) is 15.3. The van der Waals surface area contributed by atoms with Crippen molar-refractivity contribution in [2.75, 3.05) is 6.61 Å². The Hall–Kier alpha value is -2.74. The van der Waals surface area contributed by atoms with Crippen molar-refractivity contribution < 1.29 is 18.3 Å². The van der Waals surface area contributed by atoms with E-state index in [-0.39, 0.29) is 29.9 Å². The molecule has 0 spiro atoms. The predicted molar refractivity (Wildman–Crippen MR) is 98.6 cm³/mol. The summed E-state index contributed by atoms with van der Waals surface area (Å²) in [7, 11) is 0. The number of esters is 1. The molecule has 0 aliphatic heterocycles. The average molecular weight is 390 g/mol. The molecule has 0 N–H and O–H groups in total. The van der Waals surface area contributed by atoms with Crippen LogP contribution in [0.15, 0.2) is 52.4 Å². The van der Waals surface area contributed by atoms with E-state index >= 15 is 0 Å². The molecule has 140 valence electrons. The Balaban J connectivity index is 2.01. The molecule has 1 aromatic carbocycles. The minimum atomic E-state index is -0.933. The van der Waals surface area contributed by atoms with E-state index in [0.29, 0.717) is 16.1 Å². The third-order valence-electron chi connectivity index (χ3n) is 3.83. The lowest BCUT2D eigenvalue weighted by atomic mass is 10.2. The Morgan fingerprint density at radius 2 is 2.07 bits per heavy atom. The van der Waals surface area contributed by atoms with Crippen LogP contribution in [0.1, 0.15) is 12.5 Å². The molecule has 5 nitrogen and oxygen atoms in total. The molecule has 27 heavy (non-hydrogen) atoms. The van der Waals surface area contributed by atoms with Gasteiger partial charge in [-0.25, -0.2) is 13.8 Å². The van der Waals surface area contributed by atoms with Gasteiger partial charge in [-0.2, -0.15) is 0 Å². The molecule has 0 radical (unpaired) electrons. The first kappa shape index (κ1) is 19.0. The van der Waals surface area contributed by atoms with Gasteiger partial charge in [-0.3, -0.25) is 9.59 Å². The van der Waals surface area contributed by atoms with E-state index in [0.717, 1.165) is 17.8 Å². The van der Waals surface area contributed by atoms with Crippen LogP contribution in [-0.4, -0.2) is 22.1 Å². The molecule has 0 amide bonds. The largest absolute Gasteiger partial charge is 0.465 e. The summed E-state index contributed by atoms with van der Waals surface area (Å²) in [4.78, 5) is 28.6. The number of hydrogen-bond donors (Lipinski definition) is 0. The van der Waals surface area contributed by atoms with Crippen LogP contribution in [0.2, 0.25) is 0 Å². The summed E-state index contributed by atoms with van der Waals surface area (Å²) < 4.78 is 33.9. The van der Waals surface area contributed by atoms with Crippen LogP contribution in [0.3, 0.4) is 0 Å². The third-order valence-corrected chi connectivity index (χ3v) is 4.92. The first-order valence-corrected chi connectivity index (χ1v) is 9.19. The second-order valence-electron chi connectivity index (χ2n) is 5.61. The molecule has 0 fully saturated rings. The molecular weight excluding hydrogens is 374 g/mol. The van der Waals surface area contributed by atoms with Crippen molar-refractivity contribution in [1.82, 2.24) is 9.55 Å². The predicted octanol–water partition coefficient (Wildman–Crippen LogP) is 3.53. The highest BCUT2D eigenvalue weighted by Gasteiger charge is 2.15. The maximum atomic E-state index is 13.9. The molecule has 2 aromatic heterocycles. The Morgan fingerprint density at radius 3 is 2.85 bits per heavy atom. The summed E-state index contributed by atoms with van der Waals surface area (Å²) in [6, 6.07) is 8.55. The topological polar surface area (TPSA) is 61.2 Å². The normalized spacial score (nSPS) is 10.9. The second kappa shape index (κ2) is 8.30. The number of benzene rings is 1. The van der Waals surface area contributed by atoms with Gasteiger partial charge in [-0.15, -0.1) is 11.8 Å². The molecule has 3 rings (SSSR count). The van der Waals surface area contributed by atoms with Crippen molar-refractivity contribution in [2.24, 2.45) is 0 Å². The Bertz CT molecular complexity index is 1050. The van der Waals surface area contributed by atoms with Gasteiger partial charge in [0.2, 0.25) is 0 Å². The minimum Gasteiger partial charge on any atom is -0.465 e. The highest BCUT2D eigenvalue weighted by atomic mass is 32.2. The number of aromatic nitrogens is 2. The first-order chi connectivity index (χ1) is 13.0. The van der Waals surface area contributed by atoms with E-state index in [9.17, 15) is 18.4 Å². The van der Waals surface area contributed by atoms with Gasteiger partial charge in [0, 0.05) is 23.6 Å². The molecule has 0 aliphatic rings.